The number of hydrogen-bond acceptors (Lipinski definition) is 0. The van der Waals surface area contributed by atoms with Crippen LogP contribution in [0.2, 0.25) is 0 Å². The summed E-state index contributed by atoms with van der Waals surface area (Å²) < 4.78 is 0. The number of allylic oxidation sites excluding steroid dienone is 4. The van der Waals surface area contributed by atoms with E-state index in [0.717, 1.165) is 6.42 Å². The second-order valence-electron chi connectivity index (χ2n) is 19.0. The van der Waals surface area contributed by atoms with Gasteiger partial charge < -0.3 is 0 Å². The molecule has 1 unspecified atom stereocenters. The Morgan fingerprint density at radius 1 is 0.208 bits per heavy atom. The Kier molecular flexibility index (Phi) is 11.1. The first-order chi connectivity index (χ1) is 35.7. The molecule has 0 amide bonds. The van der Waals surface area contributed by atoms with Crippen molar-refractivity contribution in [2.24, 2.45) is 0 Å². The molecular formula is C72H50. The zero-order valence-electron chi connectivity index (χ0n) is 39.9. The maximum Gasteiger partial charge on any atom is 0.00620 e. The summed E-state index contributed by atoms with van der Waals surface area (Å²) in [5.74, 6) is 0.201. The molecule has 0 bridgehead atoms. The smallest absolute Gasteiger partial charge is 0.00620 e. The predicted octanol–water partition coefficient (Wildman–Crippen LogP) is 19.9. The molecule has 2 aliphatic rings. The van der Waals surface area contributed by atoms with Crippen molar-refractivity contribution in [1.29, 1.82) is 0 Å². The van der Waals surface area contributed by atoms with Gasteiger partial charge in [-0.15, -0.1) is 0 Å². The average molecular weight is 915 g/mol. The van der Waals surface area contributed by atoms with Crippen LogP contribution in [0.15, 0.2) is 285 Å². The molecule has 0 radical (unpaired) electrons. The fourth-order valence-corrected chi connectivity index (χ4v) is 11.3. The highest BCUT2D eigenvalue weighted by molar-refractivity contribution is 6.11. The van der Waals surface area contributed by atoms with Gasteiger partial charge in [-0.3, -0.25) is 0 Å². The molecule has 0 saturated carbocycles. The van der Waals surface area contributed by atoms with Crippen LogP contribution in [0.3, 0.4) is 0 Å². The number of hydrogen-bond donors (Lipinski definition) is 0. The summed E-state index contributed by atoms with van der Waals surface area (Å²) in [6.07, 6.45) is 10.1. The SMILES string of the molecule is C1=CCC(c2cc3c(cc2-c2ccccc2)-c2cc(-c4ccccc4)c(-c4ccccc4)cc2-c2cc(-c4ccccc4)c(-c4ccccc4)cc2-c2cc(-c4ccccc4)c(-c4ccccc4)cc2-3)C=C1. The molecule has 11 aromatic carbocycles. The minimum absolute atomic E-state index is 0.201. The zero-order valence-corrected chi connectivity index (χ0v) is 39.9. The number of rotatable bonds is 8. The van der Waals surface area contributed by atoms with Crippen LogP contribution < -0.4 is 0 Å². The molecule has 0 N–H and O–H groups in total. The van der Waals surface area contributed by atoms with Gasteiger partial charge in [0.25, 0.3) is 0 Å². The van der Waals surface area contributed by atoms with E-state index < -0.39 is 0 Å². The third-order valence-corrected chi connectivity index (χ3v) is 14.8. The number of benzene rings is 11. The second kappa shape index (κ2) is 18.7. The molecule has 2 aliphatic carbocycles. The summed E-state index contributed by atoms with van der Waals surface area (Å²) in [6.45, 7) is 0. The molecule has 0 spiro atoms. The largest absolute Gasteiger partial charge is 0.0836 e. The van der Waals surface area contributed by atoms with Crippen LogP contribution in [0.5, 0.6) is 0 Å². The molecule has 0 heteroatoms. The van der Waals surface area contributed by atoms with Crippen LogP contribution in [-0.4, -0.2) is 0 Å². The monoisotopic (exact) mass is 914 g/mol. The van der Waals surface area contributed by atoms with Crippen LogP contribution in [0.1, 0.15) is 17.9 Å². The van der Waals surface area contributed by atoms with Crippen molar-refractivity contribution in [3.05, 3.63) is 291 Å². The lowest BCUT2D eigenvalue weighted by Crippen LogP contribution is -2.05. The molecule has 0 aromatic heterocycles. The molecule has 338 valence electrons. The highest BCUT2D eigenvalue weighted by atomic mass is 14.3. The lowest BCUT2D eigenvalue weighted by molar-refractivity contribution is 0.856. The Morgan fingerprint density at radius 2 is 0.431 bits per heavy atom. The quantitative estimate of drug-likeness (QED) is 0.142. The summed E-state index contributed by atoms with van der Waals surface area (Å²) in [5.41, 5.74) is 27.8. The fraction of sp³-hybridized carbons (Fsp3) is 0.0278. The summed E-state index contributed by atoms with van der Waals surface area (Å²) in [7, 11) is 0. The van der Waals surface area contributed by atoms with Gasteiger partial charge in [0, 0.05) is 5.92 Å². The predicted molar refractivity (Wildman–Crippen MR) is 305 cm³/mol. The average Bonchev–Trinajstić information content (AvgIpc) is 3.47. The van der Waals surface area contributed by atoms with E-state index in [1.807, 2.05) is 0 Å². The highest BCUT2D eigenvalue weighted by Crippen LogP contribution is 2.56. The molecule has 11 aromatic rings. The van der Waals surface area contributed by atoms with Crippen LogP contribution in [-0.2, 0) is 0 Å². The van der Waals surface area contributed by atoms with E-state index in [2.05, 4.69) is 285 Å². The van der Waals surface area contributed by atoms with E-state index in [1.165, 1.54) is 128 Å². The summed E-state index contributed by atoms with van der Waals surface area (Å²) in [5, 5.41) is 0. The first-order valence-electron chi connectivity index (χ1n) is 25.2. The van der Waals surface area contributed by atoms with Crippen LogP contribution >= 0.6 is 0 Å². The van der Waals surface area contributed by atoms with E-state index in [4.69, 9.17) is 0 Å². The summed E-state index contributed by atoms with van der Waals surface area (Å²) >= 11 is 0. The van der Waals surface area contributed by atoms with E-state index in [0.29, 0.717) is 0 Å². The molecule has 0 heterocycles. The van der Waals surface area contributed by atoms with Crippen molar-refractivity contribution in [3.63, 3.8) is 0 Å². The lowest BCUT2D eigenvalue weighted by Gasteiger charge is -2.30. The topological polar surface area (TPSA) is 0 Å². The molecule has 0 saturated heterocycles. The lowest BCUT2D eigenvalue weighted by atomic mass is 9.73. The maximum absolute atomic E-state index is 2.57. The van der Waals surface area contributed by atoms with Crippen LogP contribution in [0.25, 0.3) is 122 Å². The third-order valence-electron chi connectivity index (χ3n) is 14.8. The van der Waals surface area contributed by atoms with Gasteiger partial charge in [-0.2, -0.15) is 0 Å². The molecule has 0 fully saturated rings. The van der Waals surface area contributed by atoms with Gasteiger partial charge in [0.2, 0.25) is 0 Å². The summed E-state index contributed by atoms with van der Waals surface area (Å²) in [4.78, 5) is 0. The Labute approximate surface area is 423 Å². The van der Waals surface area contributed by atoms with Gasteiger partial charge in [-0.05, 0) is 183 Å². The highest BCUT2D eigenvalue weighted by Gasteiger charge is 2.30. The molecule has 0 aliphatic heterocycles. The van der Waals surface area contributed by atoms with Crippen LogP contribution in [0.4, 0.5) is 0 Å². The first kappa shape index (κ1) is 43.0. The first-order valence-corrected chi connectivity index (χ1v) is 25.2. The maximum atomic E-state index is 2.57. The third kappa shape index (κ3) is 7.84. The molecule has 13 rings (SSSR count). The minimum Gasteiger partial charge on any atom is -0.0836 e. The van der Waals surface area contributed by atoms with Gasteiger partial charge in [-0.1, -0.05) is 237 Å². The molecular weight excluding hydrogens is 865 g/mol. The van der Waals surface area contributed by atoms with E-state index in [1.54, 1.807) is 0 Å². The molecule has 72 heavy (non-hydrogen) atoms. The standard InChI is InChI=1S/C72H50/c1-9-25-49(26-10-1)57-41-65-66(42-58(57)50-27-11-2-12-28-50)68-44-60(52-31-15-4-16-32-52)62(54-35-19-6-20-36-54)46-70(68)72-48-64(56-39-23-8-24-40-56)63(55-37-21-7-22-38-55)47-71(72)69-45-61(53-33-17-5-18-34-53)59(43-67(65)69)51-29-13-3-14-30-51/h1-39,41-48,56H,40H2. The zero-order chi connectivity index (χ0) is 47.8. The Morgan fingerprint density at radius 3 is 0.667 bits per heavy atom. The van der Waals surface area contributed by atoms with Crippen molar-refractivity contribution < 1.29 is 0 Å². The van der Waals surface area contributed by atoms with E-state index >= 15 is 0 Å². The normalized spacial score (nSPS) is 13.2. The van der Waals surface area contributed by atoms with Gasteiger partial charge in [0.15, 0.2) is 0 Å². The van der Waals surface area contributed by atoms with Gasteiger partial charge in [0.1, 0.15) is 0 Å². The van der Waals surface area contributed by atoms with Crippen LogP contribution in [0, 0.1) is 0 Å². The Hall–Kier alpha value is -9.10. The second-order valence-corrected chi connectivity index (χ2v) is 19.0. The van der Waals surface area contributed by atoms with Crippen molar-refractivity contribution in [1.82, 2.24) is 0 Å². The summed E-state index contributed by atoms with van der Waals surface area (Å²) in [6, 6.07) is 97.1. The van der Waals surface area contributed by atoms with Gasteiger partial charge in [0.05, 0.1) is 0 Å². The molecule has 1 atom stereocenters. The van der Waals surface area contributed by atoms with Crippen molar-refractivity contribution in [3.8, 4) is 122 Å². The fourth-order valence-electron chi connectivity index (χ4n) is 11.3. The Balaban J connectivity index is 1.25. The van der Waals surface area contributed by atoms with Crippen molar-refractivity contribution in [2.75, 3.05) is 0 Å². The Bertz CT molecular complexity index is 3770. The van der Waals surface area contributed by atoms with Crippen molar-refractivity contribution in [2.45, 2.75) is 12.3 Å². The van der Waals surface area contributed by atoms with Gasteiger partial charge >= 0.3 is 0 Å². The van der Waals surface area contributed by atoms with Crippen molar-refractivity contribution >= 4 is 0 Å². The molecule has 0 nitrogen and oxygen atoms in total. The van der Waals surface area contributed by atoms with Gasteiger partial charge in [-0.25, -0.2) is 0 Å². The number of fused-ring (bicyclic) bond motifs is 8. The van der Waals surface area contributed by atoms with E-state index in [-0.39, 0.29) is 5.92 Å². The van der Waals surface area contributed by atoms with E-state index in [9.17, 15) is 0 Å². The minimum atomic E-state index is 0.201.